The summed E-state index contributed by atoms with van der Waals surface area (Å²) in [6.45, 7) is 1.74. The molecule has 1 aromatic heterocycles. The number of sulfone groups is 1. The van der Waals surface area contributed by atoms with Gasteiger partial charge in [-0.1, -0.05) is 0 Å². The Morgan fingerprint density at radius 3 is 2.35 bits per heavy atom. The fourth-order valence-electron chi connectivity index (χ4n) is 1.27. The van der Waals surface area contributed by atoms with Crippen molar-refractivity contribution in [3.8, 4) is 0 Å². The maximum atomic E-state index is 12.1. The smallest absolute Gasteiger partial charge is 0.217 e. The van der Waals surface area contributed by atoms with Gasteiger partial charge in [0, 0.05) is 0 Å². The van der Waals surface area contributed by atoms with E-state index in [4.69, 9.17) is 0 Å². The third-order valence-electron chi connectivity index (χ3n) is 2.12. The summed E-state index contributed by atoms with van der Waals surface area (Å²) in [5.74, 6) is 0. The molecule has 2 rings (SSSR count). The molecule has 17 heavy (non-hydrogen) atoms. The molecule has 2 aromatic rings. The van der Waals surface area contributed by atoms with Crippen molar-refractivity contribution >= 4 is 26.9 Å². The molecular weight excluding hydrogens is 260 g/mol. The van der Waals surface area contributed by atoms with E-state index in [9.17, 15) is 13.3 Å². The van der Waals surface area contributed by atoms with Gasteiger partial charge in [-0.15, -0.1) is 16.2 Å². The molecule has 0 atom stereocenters. The van der Waals surface area contributed by atoms with E-state index in [0.29, 0.717) is 5.01 Å². The first-order valence-electron chi connectivity index (χ1n) is 4.65. The third kappa shape index (κ3) is 2.25. The summed E-state index contributed by atoms with van der Waals surface area (Å²) in [6, 6.07) is 5.46. The van der Waals surface area contributed by atoms with Crippen LogP contribution in [0.3, 0.4) is 0 Å². The van der Waals surface area contributed by atoms with E-state index in [0.717, 1.165) is 11.3 Å². The van der Waals surface area contributed by atoms with Gasteiger partial charge in [0.1, 0.15) is 9.90 Å². The first-order valence-corrected chi connectivity index (χ1v) is 6.95. The summed E-state index contributed by atoms with van der Waals surface area (Å²) in [6.07, 6.45) is 1.33. The van der Waals surface area contributed by atoms with Crippen molar-refractivity contribution in [1.82, 2.24) is 4.98 Å². The normalized spacial score (nSPS) is 11.4. The number of thiazole rings is 1. The molecule has 0 unspecified atom stereocenters. The third-order valence-corrected chi connectivity index (χ3v) is 5.26. The number of nitroso groups, excluding NO2 is 1. The Balaban J connectivity index is 2.48. The van der Waals surface area contributed by atoms with Crippen LogP contribution in [-0.4, -0.2) is 13.4 Å². The van der Waals surface area contributed by atoms with Gasteiger partial charge in [-0.3, -0.25) is 0 Å². The zero-order chi connectivity index (χ0) is 12.5. The Kier molecular flexibility index (Phi) is 3.03. The van der Waals surface area contributed by atoms with Crippen LogP contribution in [0.25, 0.3) is 0 Å². The maximum absolute atomic E-state index is 12.1. The van der Waals surface area contributed by atoms with Crippen LogP contribution in [0.4, 0.5) is 5.69 Å². The summed E-state index contributed by atoms with van der Waals surface area (Å²) >= 11 is 1.12. The lowest BCUT2D eigenvalue weighted by atomic mass is 10.3. The number of rotatable bonds is 3. The van der Waals surface area contributed by atoms with E-state index in [1.165, 1.54) is 30.5 Å². The summed E-state index contributed by atoms with van der Waals surface area (Å²) in [4.78, 5) is 14.3. The number of hydrogen-bond donors (Lipinski definition) is 0. The topological polar surface area (TPSA) is 76.5 Å². The van der Waals surface area contributed by atoms with Gasteiger partial charge in [0.15, 0.2) is 0 Å². The largest absolute Gasteiger partial charge is 0.249 e. The first kappa shape index (κ1) is 11.9. The molecule has 5 nitrogen and oxygen atoms in total. The first-order chi connectivity index (χ1) is 8.04. The minimum atomic E-state index is -3.53. The molecule has 0 spiro atoms. The Bertz CT molecular complexity index is 644. The molecule has 0 radical (unpaired) electrons. The minimum Gasteiger partial charge on any atom is -0.249 e. The van der Waals surface area contributed by atoms with Gasteiger partial charge in [-0.2, -0.15) is 0 Å². The van der Waals surface area contributed by atoms with E-state index in [1.54, 1.807) is 6.92 Å². The van der Waals surface area contributed by atoms with E-state index < -0.39 is 9.84 Å². The van der Waals surface area contributed by atoms with Crippen LogP contribution in [0.2, 0.25) is 0 Å². The van der Waals surface area contributed by atoms with Crippen LogP contribution in [0.1, 0.15) is 5.01 Å². The fourth-order valence-corrected chi connectivity index (χ4v) is 3.78. The van der Waals surface area contributed by atoms with Crippen LogP contribution in [0.5, 0.6) is 0 Å². The molecule has 1 aromatic carbocycles. The second-order valence-corrected chi connectivity index (χ2v) is 6.70. The molecule has 0 amide bonds. The van der Waals surface area contributed by atoms with Crippen molar-refractivity contribution < 1.29 is 8.42 Å². The molecule has 0 saturated heterocycles. The van der Waals surface area contributed by atoms with Crippen LogP contribution in [-0.2, 0) is 9.84 Å². The molecule has 0 aliphatic rings. The number of benzene rings is 1. The molecule has 0 saturated carbocycles. The highest BCUT2D eigenvalue weighted by atomic mass is 32.2. The van der Waals surface area contributed by atoms with Crippen LogP contribution in [0.15, 0.2) is 44.7 Å². The quantitative estimate of drug-likeness (QED) is 0.802. The molecular formula is C10H8N2O3S2. The minimum absolute atomic E-state index is 0.133. The predicted molar refractivity (Wildman–Crippen MR) is 64.2 cm³/mol. The van der Waals surface area contributed by atoms with Gasteiger partial charge < -0.3 is 0 Å². The molecule has 1 heterocycles. The Morgan fingerprint density at radius 2 is 1.88 bits per heavy atom. The average molecular weight is 268 g/mol. The van der Waals surface area contributed by atoms with E-state index >= 15 is 0 Å². The monoisotopic (exact) mass is 268 g/mol. The van der Waals surface area contributed by atoms with Crippen molar-refractivity contribution in [3.63, 3.8) is 0 Å². The van der Waals surface area contributed by atoms with E-state index in [1.807, 2.05) is 0 Å². The second kappa shape index (κ2) is 4.34. The molecule has 0 aliphatic heterocycles. The summed E-state index contributed by atoms with van der Waals surface area (Å²) in [5, 5.41) is 3.41. The number of aromatic nitrogens is 1. The van der Waals surface area contributed by atoms with E-state index in [-0.39, 0.29) is 14.8 Å². The lowest BCUT2D eigenvalue weighted by molar-refractivity contribution is 0.598. The molecule has 0 bridgehead atoms. The Morgan fingerprint density at radius 1 is 1.24 bits per heavy atom. The van der Waals surface area contributed by atoms with E-state index in [2.05, 4.69) is 10.2 Å². The maximum Gasteiger partial charge on any atom is 0.217 e. The zero-order valence-electron chi connectivity index (χ0n) is 8.82. The highest BCUT2D eigenvalue weighted by Gasteiger charge is 2.20. The SMILES string of the molecule is Cc1ncc(S(=O)(=O)c2ccc(N=O)cc2)s1. The molecule has 0 N–H and O–H groups in total. The Hall–Kier alpha value is -1.60. The van der Waals surface area contributed by atoms with Gasteiger partial charge in [-0.05, 0) is 36.4 Å². The molecule has 0 fully saturated rings. The van der Waals surface area contributed by atoms with Gasteiger partial charge >= 0.3 is 0 Å². The fraction of sp³-hybridized carbons (Fsp3) is 0.100. The highest BCUT2D eigenvalue weighted by Crippen LogP contribution is 2.26. The lowest BCUT2D eigenvalue weighted by Gasteiger charge is -2.00. The van der Waals surface area contributed by atoms with Gasteiger partial charge in [0.05, 0.1) is 16.1 Å². The highest BCUT2D eigenvalue weighted by molar-refractivity contribution is 7.93. The second-order valence-electron chi connectivity index (χ2n) is 3.29. The van der Waals surface area contributed by atoms with Crippen molar-refractivity contribution in [3.05, 3.63) is 40.4 Å². The van der Waals surface area contributed by atoms with Crippen molar-refractivity contribution in [1.29, 1.82) is 0 Å². The summed E-state index contributed by atoms with van der Waals surface area (Å²) in [5.41, 5.74) is 0.199. The van der Waals surface area contributed by atoms with Crippen LogP contribution >= 0.6 is 11.3 Å². The standard InChI is InChI=1S/C10H8N2O3S2/c1-7-11-6-10(16-7)17(14,15)9-4-2-8(12-13)3-5-9/h2-6H,1H3. The van der Waals surface area contributed by atoms with Crippen molar-refractivity contribution in [2.45, 2.75) is 16.0 Å². The average Bonchev–Trinajstić information content (AvgIpc) is 2.77. The lowest BCUT2D eigenvalue weighted by Crippen LogP contribution is -1.98. The zero-order valence-corrected chi connectivity index (χ0v) is 10.5. The number of hydrogen-bond acceptors (Lipinski definition) is 6. The predicted octanol–water partition coefficient (Wildman–Crippen LogP) is 2.68. The molecule has 7 heteroatoms. The van der Waals surface area contributed by atoms with Gasteiger partial charge in [0.2, 0.25) is 9.84 Å². The summed E-state index contributed by atoms with van der Waals surface area (Å²) < 4.78 is 24.4. The molecule has 0 aliphatic carbocycles. The number of nitrogens with zero attached hydrogens (tertiary/aromatic N) is 2. The number of aryl methyl sites for hydroxylation is 1. The van der Waals surface area contributed by atoms with Crippen LogP contribution < -0.4 is 0 Å². The van der Waals surface area contributed by atoms with Crippen molar-refractivity contribution in [2.75, 3.05) is 0 Å². The molecule has 88 valence electrons. The van der Waals surface area contributed by atoms with Gasteiger partial charge in [0.25, 0.3) is 0 Å². The summed E-state index contributed by atoms with van der Waals surface area (Å²) in [7, 11) is -3.53. The van der Waals surface area contributed by atoms with Crippen molar-refractivity contribution in [2.24, 2.45) is 5.18 Å². The van der Waals surface area contributed by atoms with Crippen LogP contribution in [0, 0.1) is 11.8 Å². The Labute approximate surface area is 102 Å². The van der Waals surface area contributed by atoms with Gasteiger partial charge in [-0.25, -0.2) is 13.4 Å².